The molecule has 1 saturated heterocycles. The Balaban J connectivity index is 1.85. The number of aryl methyl sites for hydroxylation is 1. The lowest BCUT2D eigenvalue weighted by molar-refractivity contribution is -0.136. The van der Waals surface area contributed by atoms with Crippen LogP contribution in [0.15, 0.2) is 29.4 Å². The van der Waals surface area contributed by atoms with Crippen molar-refractivity contribution in [1.82, 2.24) is 14.4 Å². The molecule has 2 heterocycles. The Morgan fingerprint density at radius 3 is 2.42 bits per heavy atom. The van der Waals surface area contributed by atoms with Crippen molar-refractivity contribution in [3.05, 3.63) is 39.6 Å². The van der Waals surface area contributed by atoms with E-state index in [4.69, 9.17) is 9.47 Å². The van der Waals surface area contributed by atoms with Gasteiger partial charge in [0.05, 0.1) is 14.2 Å². The van der Waals surface area contributed by atoms with Gasteiger partial charge in [0, 0.05) is 42.8 Å². The maximum Gasteiger partial charge on any atom is 0.279 e. The van der Waals surface area contributed by atoms with Crippen molar-refractivity contribution in [1.29, 1.82) is 0 Å². The minimum Gasteiger partial charge on any atom is -0.493 e. The molecule has 1 atom stereocenters. The molecule has 1 aliphatic rings. The van der Waals surface area contributed by atoms with Crippen LogP contribution in [0.5, 0.6) is 11.5 Å². The molecular formula is C22H30N4O4S. The molecule has 31 heavy (non-hydrogen) atoms. The van der Waals surface area contributed by atoms with Crippen LogP contribution < -0.4 is 14.3 Å². The second-order valence-corrected chi connectivity index (χ2v) is 8.67. The SMILES string of the molecule is CCN1CCN(C(=O)[C@@H](C)n2cc(C)sc2=NC(=O)c2ccc(OC)c(OC)c2)CC1. The lowest BCUT2D eigenvalue weighted by Gasteiger charge is -2.35. The maximum atomic E-state index is 13.1. The van der Waals surface area contributed by atoms with Gasteiger partial charge in [-0.05, 0) is 38.6 Å². The fourth-order valence-electron chi connectivity index (χ4n) is 3.62. The van der Waals surface area contributed by atoms with Crippen molar-refractivity contribution in [2.75, 3.05) is 46.9 Å². The average molecular weight is 447 g/mol. The summed E-state index contributed by atoms with van der Waals surface area (Å²) in [7, 11) is 3.06. The average Bonchev–Trinajstić information content (AvgIpc) is 3.17. The van der Waals surface area contributed by atoms with E-state index in [0.29, 0.717) is 21.9 Å². The molecule has 9 heteroatoms. The van der Waals surface area contributed by atoms with Crippen LogP contribution in [-0.2, 0) is 4.79 Å². The van der Waals surface area contributed by atoms with Gasteiger partial charge in [-0.2, -0.15) is 4.99 Å². The highest BCUT2D eigenvalue weighted by atomic mass is 32.1. The van der Waals surface area contributed by atoms with Crippen molar-refractivity contribution < 1.29 is 19.1 Å². The molecule has 0 unspecified atom stereocenters. The number of likely N-dealkylation sites (N-methyl/N-ethyl adjacent to an activating group) is 1. The van der Waals surface area contributed by atoms with Crippen LogP contribution in [0.25, 0.3) is 0 Å². The van der Waals surface area contributed by atoms with Crippen LogP contribution in [0.1, 0.15) is 35.1 Å². The first-order chi connectivity index (χ1) is 14.9. The Kier molecular flexibility index (Phi) is 7.50. The topological polar surface area (TPSA) is 76.4 Å². The number of hydrogen-bond acceptors (Lipinski definition) is 6. The van der Waals surface area contributed by atoms with Gasteiger partial charge in [-0.25, -0.2) is 0 Å². The molecule has 0 N–H and O–H groups in total. The van der Waals surface area contributed by atoms with Crippen LogP contribution >= 0.6 is 11.3 Å². The summed E-state index contributed by atoms with van der Waals surface area (Å²) in [6, 6.07) is 4.50. The normalized spacial score (nSPS) is 16.3. The summed E-state index contributed by atoms with van der Waals surface area (Å²) < 4.78 is 12.3. The number of aromatic nitrogens is 1. The maximum absolute atomic E-state index is 13.1. The van der Waals surface area contributed by atoms with E-state index in [1.54, 1.807) is 29.9 Å². The Morgan fingerprint density at radius 1 is 1.13 bits per heavy atom. The second-order valence-electron chi connectivity index (χ2n) is 7.45. The highest BCUT2D eigenvalue weighted by Crippen LogP contribution is 2.27. The molecule has 1 aliphatic heterocycles. The molecule has 0 aliphatic carbocycles. The van der Waals surface area contributed by atoms with Gasteiger partial charge < -0.3 is 23.8 Å². The Bertz CT molecular complexity index is 1010. The first kappa shape index (κ1) is 23.0. The van der Waals surface area contributed by atoms with E-state index in [1.807, 2.05) is 24.9 Å². The zero-order valence-corrected chi connectivity index (χ0v) is 19.6. The van der Waals surface area contributed by atoms with E-state index in [2.05, 4.69) is 16.8 Å². The van der Waals surface area contributed by atoms with Crippen LogP contribution in [0, 0.1) is 6.92 Å². The molecule has 0 spiro atoms. The monoisotopic (exact) mass is 446 g/mol. The van der Waals surface area contributed by atoms with Crippen LogP contribution in [0.3, 0.4) is 0 Å². The Hall–Kier alpha value is -2.65. The van der Waals surface area contributed by atoms with Crippen LogP contribution in [0.2, 0.25) is 0 Å². The summed E-state index contributed by atoms with van der Waals surface area (Å²) in [6.45, 7) is 10.1. The molecule has 1 aromatic carbocycles. The van der Waals surface area contributed by atoms with Gasteiger partial charge >= 0.3 is 0 Å². The van der Waals surface area contributed by atoms with Crippen LogP contribution in [0.4, 0.5) is 0 Å². The molecular weight excluding hydrogens is 416 g/mol. The summed E-state index contributed by atoms with van der Waals surface area (Å²) in [6.07, 6.45) is 1.89. The second kappa shape index (κ2) is 10.1. The number of nitrogens with zero attached hydrogens (tertiary/aromatic N) is 4. The minimum absolute atomic E-state index is 0.0496. The van der Waals surface area contributed by atoms with E-state index in [-0.39, 0.29) is 5.91 Å². The summed E-state index contributed by atoms with van der Waals surface area (Å²) >= 11 is 1.39. The van der Waals surface area contributed by atoms with Crippen molar-refractivity contribution in [2.24, 2.45) is 4.99 Å². The van der Waals surface area contributed by atoms with E-state index in [0.717, 1.165) is 37.6 Å². The van der Waals surface area contributed by atoms with Gasteiger partial charge in [0.2, 0.25) is 5.91 Å². The van der Waals surface area contributed by atoms with Crippen LogP contribution in [-0.4, -0.2) is 73.1 Å². The van der Waals surface area contributed by atoms with Gasteiger partial charge in [-0.1, -0.05) is 6.92 Å². The number of rotatable bonds is 6. The van der Waals surface area contributed by atoms with Crippen molar-refractivity contribution in [3.8, 4) is 11.5 Å². The lowest BCUT2D eigenvalue weighted by Crippen LogP contribution is -2.50. The fourth-order valence-corrected chi connectivity index (χ4v) is 4.52. The van der Waals surface area contributed by atoms with Crippen molar-refractivity contribution in [2.45, 2.75) is 26.8 Å². The Morgan fingerprint density at radius 2 is 1.81 bits per heavy atom. The number of thiazole rings is 1. The van der Waals surface area contributed by atoms with Crippen molar-refractivity contribution >= 4 is 23.2 Å². The highest BCUT2D eigenvalue weighted by molar-refractivity contribution is 7.09. The van der Waals surface area contributed by atoms with Gasteiger partial charge in [0.15, 0.2) is 16.3 Å². The highest BCUT2D eigenvalue weighted by Gasteiger charge is 2.26. The number of amides is 2. The third-order valence-electron chi connectivity index (χ3n) is 5.53. The molecule has 8 nitrogen and oxygen atoms in total. The number of hydrogen-bond donors (Lipinski definition) is 0. The largest absolute Gasteiger partial charge is 0.493 e. The lowest BCUT2D eigenvalue weighted by atomic mass is 10.2. The predicted molar refractivity (Wildman–Crippen MR) is 120 cm³/mol. The quantitative estimate of drug-likeness (QED) is 0.681. The molecule has 1 fully saturated rings. The zero-order chi connectivity index (χ0) is 22.5. The molecule has 2 amide bonds. The number of carbonyl (C=O) groups is 2. The summed E-state index contributed by atoms with van der Waals surface area (Å²) in [5.41, 5.74) is 0.393. The number of ether oxygens (including phenoxy) is 2. The number of benzene rings is 1. The van der Waals surface area contributed by atoms with Gasteiger partial charge in [0.1, 0.15) is 6.04 Å². The van der Waals surface area contributed by atoms with E-state index >= 15 is 0 Å². The molecule has 168 valence electrons. The summed E-state index contributed by atoms with van der Waals surface area (Å²) in [5.74, 6) is 0.665. The molecule has 0 bridgehead atoms. The molecule has 3 rings (SSSR count). The standard InChI is InChI=1S/C22H30N4O4S/c1-6-24-9-11-25(12-10-24)21(28)16(3)26-14-15(2)31-22(26)23-20(27)17-7-8-18(29-4)19(13-17)30-5/h7-8,13-14,16H,6,9-12H2,1-5H3/t16-/m1/s1. The third-order valence-corrected chi connectivity index (χ3v) is 6.44. The molecule has 1 aromatic heterocycles. The summed E-state index contributed by atoms with van der Waals surface area (Å²) in [5, 5.41) is 0. The van der Waals surface area contributed by atoms with E-state index in [9.17, 15) is 9.59 Å². The minimum atomic E-state index is -0.435. The van der Waals surface area contributed by atoms with Gasteiger partial charge in [-0.15, -0.1) is 11.3 Å². The first-order valence-electron chi connectivity index (χ1n) is 10.4. The number of carbonyl (C=O) groups excluding carboxylic acids is 2. The number of methoxy groups -OCH3 is 2. The zero-order valence-electron chi connectivity index (χ0n) is 18.8. The number of piperazine rings is 1. The predicted octanol–water partition coefficient (Wildman–Crippen LogP) is 2.34. The molecule has 2 aromatic rings. The molecule has 0 radical (unpaired) electrons. The fraction of sp³-hybridized carbons (Fsp3) is 0.500. The van der Waals surface area contributed by atoms with E-state index in [1.165, 1.54) is 18.4 Å². The van der Waals surface area contributed by atoms with Gasteiger partial charge in [0.25, 0.3) is 5.91 Å². The van der Waals surface area contributed by atoms with E-state index < -0.39 is 11.9 Å². The summed E-state index contributed by atoms with van der Waals surface area (Å²) in [4.78, 5) is 36.0. The van der Waals surface area contributed by atoms with Gasteiger partial charge in [-0.3, -0.25) is 9.59 Å². The smallest absolute Gasteiger partial charge is 0.279 e. The van der Waals surface area contributed by atoms with Crippen molar-refractivity contribution in [3.63, 3.8) is 0 Å². The Labute approximate surface area is 186 Å². The molecule has 0 saturated carbocycles. The first-order valence-corrected chi connectivity index (χ1v) is 11.2. The third kappa shape index (κ3) is 5.16.